The highest BCUT2D eigenvalue weighted by Gasteiger charge is 2.45. The molecule has 1 atom stereocenters. The van der Waals surface area contributed by atoms with Gasteiger partial charge in [0, 0.05) is 12.8 Å². The maximum absolute atomic E-state index is 11.5. The van der Waals surface area contributed by atoms with Gasteiger partial charge in [-0.25, -0.2) is 0 Å². The lowest BCUT2D eigenvalue weighted by molar-refractivity contribution is -0.386. The summed E-state index contributed by atoms with van der Waals surface area (Å²) in [6.07, 6.45) is 6.83. The van der Waals surface area contributed by atoms with Crippen LogP contribution in [-0.2, 0) is 0 Å². The standard InChI is InChI=1S/C17H21NO5/c19-16(11-5-1-2-6-11)12-9-14-15(10-13(12)18(20)21)23-17(22-14)7-3-4-8-17/h9-11,16,19H,1-8H2. The number of ether oxygens (including phenoxy) is 2. The summed E-state index contributed by atoms with van der Waals surface area (Å²) in [7, 11) is 0. The molecule has 0 saturated heterocycles. The first-order valence-corrected chi connectivity index (χ1v) is 8.46. The van der Waals surface area contributed by atoms with Gasteiger partial charge in [-0.05, 0) is 37.7 Å². The molecule has 3 aliphatic rings. The Bertz CT molecular complexity index is 632. The second kappa shape index (κ2) is 5.37. The van der Waals surface area contributed by atoms with Gasteiger partial charge in [-0.15, -0.1) is 0 Å². The second-order valence-corrected chi connectivity index (χ2v) is 6.93. The van der Waals surface area contributed by atoms with Gasteiger partial charge in [-0.2, -0.15) is 0 Å². The summed E-state index contributed by atoms with van der Waals surface area (Å²) in [5, 5.41) is 22.1. The Hall–Kier alpha value is -1.82. The van der Waals surface area contributed by atoms with E-state index >= 15 is 0 Å². The molecular formula is C17H21NO5. The summed E-state index contributed by atoms with van der Waals surface area (Å²) in [6, 6.07) is 3.05. The lowest BCUT2D eigenvalue weighted by Crippen LogP contribution is -2.34. The highest BCUT2D eigenvalue weighted by molar-refractivity contribution is 5.57. The quantitative estimate of drug-likeness (QED) is 0.675. The molecule has 2 aliphatic carbocycles. The number of fused-ring (bicyclic) bond motifs is 1. The van der Waals surface area contributed by atoms with E-state index in [1.807, 2.05) is 0 Å². The van der Waals surface area contributed by atoms with Gasteiger partial charge in [-0.1, -0.05) is 12.8 Å². The fourth-order valence-corrected chi connectivity index (χ4v) is 4.19. The highest BCUT2D eigenvalue weighted by Crippen LogP contribution is 2.50. The minimum absolute atomic E-state index is 0.0678. The van der Waals surface area contributed by atoms with E-state index in [-0.39, 0.29) is 11.6 Å². The van der Waals surface area contributed by atoms with E-state index in [0.717, 1.165) is 51.4 Å². The molecule has 124 valence electrons. The summed E-state index contributed by atoms with van der Waals surface area (Å²) >= 11 is 0. The van der Waals surface area contributed by atoms with Crippen molar-refractivity contribution in [3.8, 4) is 11.5 Å². The third-order valence-corrected chi connectivity index (χ3v) is 5.41. The Morgan fingerprint density at radius 3 is 2.35 bits per heavy atom. The summed E-state index contributed by atoms with van der Waals surface area (Å²) in [4.78, 5) is 11.0. The molecule has 1 spiro atoms. The third kappa shape index (κ3) is 2.45. The van der Waals surface area contributed by atoms with Crippen molar-refractivity contribution in [2.75, 3.05) is 0 Å². The Balaban J connectivity index is 1.70. The molecule has 1 N–H and O–H groups in total. The van der Waals surface area contributed by atoms with Crippen molar-refractivity contribution in [3.63, 3.8) is 0 Å². The molecule has 6 heteroatoms. The number of aliphatic hydroxyl groups is 1. The molecule has 0 aromatic heterocycles. The molecule has 1 heterocycles. The molecule has 0 radical (unpaired) electrons. The van der Waals surface area contributed by atoms with Crippen LogP contribution in [0.5, 0.6) is 11.5 Å². The van der Waals surface area contributed by atoms with Crippen LogP contribution in [0.2, 0.25) is 0 Å². The van der Waals surface area contributed by atoms with E-state index in [1.165, 1.54) is 6.07 Å². The van der Waals surface area contributed by atoms with Crippen molar-refractivity contribution in [1.29, 1.82) is 0 Å². The molecule has 23 heavy (non-hydrogen) atoms. The van der Waals surface area contributed by atoms with Gasteiger partial charge in [0.2, 0.25) is 0 Å². The number of nitro benzene ring substituents is 1. The largest absolute Gasteiger partial charge is 0.448 e. The Labute approximate surface area is 134 Å². The van der Waals surface area contributed by atoms with Crippen molar-refractivity contribution in [3.05, 3.63) is 27.8 Å². The van der Waals surface area contributed by atoms with Crippen molar-refractivity contribution >= 4 is 5.69 Å². The lowest BCUT2D eigenvalue weighted by Gasteiger charge is -2.21. The summed E-state index contributed by atoms with van der Waals surface area (Å²) in [5.41, 5.74) is 0.293. The summed E-state index contributed by atoms with van der Waals surface area (Å²) in [5.74, 6) is 0.410. The van der Waals surface area contributed by atoms with Crippen molar-refractivity contribution in [2.24, 2.45) is 5.92 Å². The van der Waals surface area contributed by atoms with Crippen LogP contribution >= 0.6 is 0 Å². The molecule has 1 aromatic carbocycles. The zero-order valence-electron chi connectivity index (χ0n) is 13.0. The molecule has 4 rings (SSSR count). The maximum atomic E-state index is 11.5. The van der Waals surface area contributed by atoms with Crippen molar-refractivity contribution in [2.45, 2.75) is 63.3 Å². The Kier molecular flexibility index (Phi) is 3.44. The molecular weight excluding hydrogens is 298 g/mol. The smallest absolute Gasteiger partial charge is 0.279 e. The number of aliphatic hydroxyl groups excluding tert-OH is 1. The second-order valence-electron chi connectivity index (χ2n) is 6.93. The van der Waals surface area contributed by atoms with E-state index in [0.29, 0.717) is 17.1 Å². The minimum atomic E-state index is -0.813. The lowest BCUT2D eigenvalue weighted by atomic mass is 9.93. The van der Waals surface area contributed by atoms with Crippen LogP contribution in [0.15, 0.2) is 12.1 Å². The number of rotatable bonds is 3. The average Bonchev–Trinajstić information content (AvgIpc) is 3.25. The highest BCUT2D eigenvalue weighted by atomic mass is 16.7. The molecule has 1 aromatic rings. The Morgan fingerprint density at radius 1 is 1.13 bits per heavy atom. The molecule has 0 bridgehead atoms. The fraction of sp³-hybridized carbons (Fsp3) is 0.647. The Morgan fingerprint density at radius 2 is 1.74 bits per heavy atom. The van der Waals surface area contributed by atoms with Crippen LogP contribution in [0.3, 0.4) is 0 Å². The number of nitro groups is 1. The summed E-state index contributed by atoms with van der Waals surface area (Å²) in [6.45, 7) is 0. The predicted octanol–water partition coefficient (Wildman–Crippen LogP) is 3.86. The molecule has 0 amide bonds. The summed E-state index contributed by atoms with van der Waals surface area (Å²) < 4.78 is 11.9. The van der Waals surface area contributed by atoms with Crippen LogP contribution in [0.25, 0.3) is 0 Å². The van der Waals surface area contributed by atoms with Crippen LogP contribution in [-0.4, -0.2) is 15.8 Å². The van der Waals surface area contributed by atoms with Crippen LogP contribution in [0.4, 0.5) is 5.69 Å². The van der Waals surface area contributed by atoms with E-state index < -0.39 is 16.8 Å². The number of nitrogens with zero attached hydrogens (tertiary/aromatic N) is 1. The third-order valence-electron chi connectivity index (χ3n) is 5.41. The fourth-order valence-electron chi connectivity index (χ4n) is 4.19. The van der Waals surface area contributed by atoms with Crippen LogP contribution in [0, 0.1) is 16.0 Å². The zero-order chi connectivity index (χ0) is 16.0. The molecule has 1 aliphatic heterocycles. The topological polar surface area (TPSA) is 81.8 Å². The number of hydrogen-bond acceptors (Lipinski definition) is 5. The average molecular weight is 319 g/mol. The van der Waals surface area contributed by atoms with Gasteiger partial charge in [-0.3, -0.25) is 10.1 Å². The number of benzene rings is 1. The SMILES string of the molecule is O=[N+]([O-])c1cc2c(cc1C(O)C1CCCC1)OC1(CCCC1)O2. The van der Waals surface area contributed by atoms with Gasteiger partial charge in [0.15, 0.2) is 11.5 Å². The first-order valence-electron chi connectivity index (χ1n) is 8.46. The van der Waals surface area contributed by atoms with Crippen LogP contribution in [0.1, 0.15) is 63.0 Å². The minimum Gasteiger partial charge on any atom is -0.448 e. The number of hydrogen-bond donors (Lipinski definition) is 1. The van der Waals surface area contributed by atoms with E-state index in [1.54, 1.807) is 6.07 Å². The van der Waals surface area contributed by atoms with Gasteiger partial charge in [0.25, 0.3) is 11.5 Å². The van der Waals surface area contributed by atoms with Crippen molar-refractivity contribution in [1.82, 2.24) is 0 Å². The van der Waals surface area contributed by atoms with Crippen LogP contribution < -0.4 is 9.47 Å². The van der Waals surface area contributed by atoms with E-state index in [2.05, 4.69) is 0 Å². The van der Waals surface area contributed by atoms with E-state index in [9.17, 15) is 15.2 Å². The van der Waals surface area contributed by atoms with Gasteiger partial charge in [0.1, 0.15) is 0 Å². The maximum Gasteiger partial charge on any atom is 0.279 e. The normalized spacial score (nSPS) is 23.5. The first kappa shape index (κ1) is 14.8. The molecule has 1 unspecified atom stereocenters. The van der Waals surface area contributed by atoms with Gasteiger partial charge in [0.05, 0.1) is 22.7 Å². The molecule has 6 nitrogen and oxygen atoms in total. The zero-order valence-corrected chi connectivity index (χ0v) is 13.0. The van der Waals surface area contributed by atoms with Gasteiger partial charge < -0.3 is 14.6 Å². The molecule has 2 fully saturated rings. The van der Waals surface area contributed by atoms with Gasteiger partial charge >= 0.3 is 0 Å². The monoisotopic (exact) mass is 319 g/mol. The molecule has 2 saturated carbocycles. The first-order chi connectivity index (χ1) is 11.1. The van der Waals surface area contributed by atoms with E-state index in [4.69, 9.17) is 9.47 Å². The predicted molar refractivity (Wildman–Crippen MR) is 82.5 cm³/mol. The van der Waals surface area contributed by atoms with Crippen molar-refractivity contribution < 1.29 is 19.5 Å².